The first kappa shape index (κ1) is 23.9. The highest BCUT2D eigenvalue weighted by Crippen LogP contribution is 2.72. The Hall–Kier alpha value is -0.193. The summed E-state index contributed by atoms with van der Waals surface area (Å²) in [5.74, 6) is 3.52. The molecule has 1 N–H and O–H groups in total. The van der Waals surface area contributed by atoms with Gasteiger partial charge in [-0.3, -0.25) is 0 Å². The molecule has 31 heavy (non-hydrogen) atoms. The molecule has 4 aliphatic rings. The number of carbonyl (C=O) groups is 1. The lowest BCUT2D eigenvalue weighted by Gasteiger charge is -2.53. The lowest BCUT2D eigenvalue weighted by atomic mass is 9.53. The molecule has 176 valence electrons. The Bertz CT molecular complexity index is 667. The first-order chi connectivity index (χ1) is 14.6. The van der Waals surface area contributed by atoms with E-state index >= 15 is 0 Å². The molecular formula is C27H46O3Si. The molecular weight excluding hydrogens is 400 g/mol. The van der Waals surface area contributed by atoms with Crippen LogP contribution in [0.5, 0.6) is 0 Å². The molecule has 4 fully saturated rings. The van der Waals surface area contributed by atoms with Crippen molar-refractivity contribution in [3.05, 3.63) is 0 Å². The van der Waals surface area contributed by atoms with Gasteiger partial charge in [0.1, 0.15) is 6.29 Å². The SMILES string of the molecule is C[Si]O[C@H]1CC[C@]2(C)C3CC[C@@]4(C)C(CC[C@@H]4[C@H](C)CCC(C)C)C3C(C=O)[C@]2(O)C1. The maximum Gasteiger partial charge on any atom is 0.226 e. The predicted octanol–water partition coefficient (Wildman–Crippen LogP) is 5.92. The van der Waals surface area contributed by atoms with E-state index in [0.717, 1.165) is 30.6 Å². The minimum absolute atomic E-state index is 0.114. The van der Waals surface area contributed by atoms with Gasteiger partial charge in [0.2, 0.25) is 9.76 Å². The molecule has 0 aromatic rings. The van der Waals surface area contributed by atoms with Gasteiger partial charge in [-0.1, -0.05) is 47.5 Å². The van der Waals surface area contributed by atoms with E-state index in [1.165, 1.54) is 44.8 Å². The number of fused-ring (bicyclic) bond motifs is 5. The van der Waals surface area contributed by atoms with Crippen LogP contribution in [0.4, 0.5) is 0 Å². The highest BCUT2D eigenvalue weighted by Gasteiger charge is 2.72. The van der Waals surface area contributed by atoms with Crippen LogP contribution in [-0.2, 0) is 9.22 Å². The van der Waals surface area contributed by atoms with Crippen LogP contribution >= 0.6 is 0 Å². The maximum absolute atomic E-state index is 12.6. The number of rotatable bonds is 7. The lowest BCUT2D eigenvalue weighted by Crippen LogP contribution is -2.55. The lowest BCUT2D eigenvalue weighted by molar-refractivity contribution is -0.153. The van der Waals surface area contributed by atoms with Gasteiger partial charge in [-0.05, 0) is 86.0 Å². The van der Waals surface area contributed by atoms with E-state index in [0.29, 0.717) is 39.4 Å². The molecule has 0 aliphatic heterocycles. The fourth-order valence-electron chi connectivity index (χ4n) is 9.38. The Morgan fingerprint density at radius 1 is 1.06 bits per heavy atom. The van der Waals surface area contributed by atoms with Crippen LogP contribution in [0.1, 0.15) is 92.4 Å². The fourth-order valence-corrected chi connectivity index (χ4v) is 9.92. The van der Waals surface area contributed by atoms with Gasteiger partial charge in [0.15, 0.2) is 0 Å². The van der Waals surface area contributed by atoms with E-state index < -0.39 is 5.60 Å². The number of carbonyl (C=O) groups excluding carboxylic acids is 1. The van der Waals surface area contributed by atoms with E-state index in [1.54, 1.807) is 0 Å². The normalized spacial score (nSPS) is 50.1. The maximum atomic E-state index is 12.6. The number of hydrogen-bond donors (Lipinski definition) is 1. The van der Waals surface area contributed by atoms with Crippen molar-refractivity contribution in [1.82, 2.24) is 0 Å². The van der Waals surface area contributed by atoms with E-state index in [-0.39, 0.29) is 17.4 Å². The van der Waals surface area contributed by atoms with Gasteiger partial charge in [-0.25, -0.2) is 0 Å². The zero-order valence-electron chi connectivity index (χ0n) is 20.8. The van der Waals surface area contributed by atoms with Crippen molar-refractivity contribution in [2.24, 2.45) is 52.3 Å². The molecule has 4 unspecified atom stereocenters. The summed E-state index contributed by atoms with van der Waals surface area (Å²) in [6, 6.07) is 0. The number of aliphatic hydroxyl groups is 1. The predicted molar refractivity (Wildman–Crippen MR) is 127 cm³/mol. The third-order valence-electron chi connectivity index (χ3n) is 11.0. The first-order valence-electron chi connectivity index (χ1n) is 13.1. The molecule has 4 rings (SSSR count). The highest BCUT2D eigenvalue weighted by molar-refractivity contribution is 6.24. The Morgan fingerprint density at radius 2 is 1.81 bits per heavy atom. The average molecular weight is 447 g/mol. The van der Waals surface area contributed by atoms with Crippen LogP contribution in [0.15, 0.2) is 0 Å². The van der Waals surface area contributed by atoms with Crippen molar-refractivity contribution in [1.29, 1.82) is 0 Å². The highest BCUT2D eigenvalue weighted by atomic mass is 28.2. The van der Waals surface area contributed by atoms with Crippen molar-refractivity contribution in [2.75, 3.05) is 0 Å². The molecule has 0 aromatic carbocycles. The van der Waals surface area contributed by atoms with Crippen LogP contribution in [0.3, 0.4) is 0 Å². The standard InChI is InChI=1S/C27H46O3Si/c1-17(2)7-8-18(3)20-9-10-21-24-22(12-13-25(20,21)4)26(5)14-11-19(30-31-6)15-27(26,29)23(24)16-28/h16-24,29H,7-15H2,1-6H3/t18-,19+,20-,21?,22?,23?,24?,25-,26-,27-/m1/s1. The molecule has 4 heteroatoms. The monoisotopic (exact) mass is 446 g/mol. The van der Waals surface area contributed by atoms with E-state index in [9.17, 15) is 9.90 Å². The third-order valence-corrected chi connectivity index (χ3v) is 11.6. The van der Waals surface area contributed by atoms with Gasteiger partial charge in [-0.15, -0.1) is 0 Å². The Morgan fingerprint density at radius 3 is 2.45 bits per heavy atom. The summed E-state index contributed by atoms with van der Waals surface area (Å²) >= 11 is 0. The molecule has 3 nitrogen and oxygen atoms in total. The van der Waals surface area contributed by atoms with Crippen LogP contribution in [0, 0.1) is 52.3 Å². The molecule has 0 amide bonds. The Labute approximate surface area is 193 Å². The van der Waals surface area contributed by atoms with Crippen LogP contribution in [-0.4, -0.2) is 32.9 Å². The number of aldehydes is 1. The molecule has 0 heterocycles. The molecule has 0 spiro atoms. The minimum atomic E-state index is -0.890. The fraction of sp³-hybridized carbons (Fsp3) is 0.963. The second-order valence-corrected chi connectivity index (χ2v) is 13.3. The molecule has 10 atom stereocenters. The molecule has 0 saturated heterocycles. The molecule has 0 bridgehead atoms. The summed E-state index contributed by atoms with van der Waals surface area (Å²) < 4.78 is 6.00. The zero-order valence-corrected chi connectivity index (χ0v) is 21.8. The van der Waals surface area contributed by atoms with E-state index in [2.05, 4.69) is 41.2 Å². The van der Waals surface area contributed by atoms with Crippen LogP contribution < -0.4 is 0 Å². The van der Waals surface area contributed by atoms with Crippen molar-refractivity contribution in [3.63, 3.8) is 0 Å². The Kier molecular flexibility index (Phi) is 6.60. The average Bonchev–Trinajstić information content (AvgIpc) is 3.15. The third kappa shape index (κ3) is 3.53. The largest absolute Gasteiger partial charge is 0.415 e. The summed E-state index contributed by atoms with van der Waals surface area (Å²) in [5, 5.41) is 12.2. The van der Waals surface area contributed by atoms with Crippen molar-refractivity contribution in [3.8, 4) is 0 Å². The second-order valence-electron chi connectivity index (χ2n) is 12.7. The van der Waals surface area contributed by atoms with Gasteiger partial charge in [0.05, 0.1) is 5.60 Å². The van der Waals surface area contributed by atoms with Gasteiger partial charge in [-0.2, -0.15) is 0 Å². The smallest absolute Gasteiger partial charge is 0.226 e. The summed E-state index contributed by atoms with van der Waals surface area (Å²) in [6.45, 7) is 14.1. The summed E-state index contributed by atoms with van der Waals surface area (Å²) in [7, 11) is 0.450. The number of hydrogen-bond acceptors (Lipinski definition) is 3. The van der Waals surface area contributed by atoms with Crippen molar-refractivity contribution < 1.29 is 14.3 Å². The zero-order chi connectivity index (χ0) is 22.6. The van der Waals surface area contributed by atoms with Gasteiger partial charge >= 0.3 is 0 Å². The molecule has 4 aliphatic carbocycles. The topological polar surface area (TPSA) is 46.5 Å². The summed E-state index contributed by atoms with van der Waals surface area (Å²) in [5.41, 5.74) is -0.693. The van der Waals surface area contributed by atoms with Gasteiger partial charge in [0.25, 0.3) is 0 Å². The molecule has 0 aromatic heterocycles. The van der Waals surface area contributed by atoms with E-state index in [1.807, 2.05) is 0 Å². The van der Waals surface area contributed by atoms with Gasteiger partial charge in [0, 0.05) is 23.9 Å². The van der Waals surface area contributed by atoms with E-state index in [4.69, 9.17) is 4.43 Å². The molecule has 2 radical (unpaired) electrons. The second kappa shape index (κ2) is 8.54. The van der Waals surface area contributed by atoms with Crippen molar-refractivity contribution >= 4 is 16.0 Å². The summed E-state index contributed by atoms with van der Waals surface area (Å²) in [6.07, 6.45) is 11.6. The summed E-state index contributed by atoms with van der Waals surface area (Å²) in [4.78, 5) is 12.6. The van der Waals surface area contributed by atoms with Crippen LogP contribution in [0.2, 0.25) is 6.55 Å². The van der Waals surface area contributed by atoms with Crippen LogP contribution in [0.25, 0.3) is 0 Å². The minimum Gasteiger partial charge on any atom is -0.415 e. The molecule has 4 saturated carbocycles. The Balaban J connectivity index is 1.62. The van der Waals surface area contributed by atoms with Gasteiger partial charge < -0.3 is 14.3 Å². The first-order valence-corrected chi connectivity index (χ1v) is 14.5. The quantitative estimate of drug-likeness (QED) is 0.390. The van der Waals surface area contributed by atoms with Crippen molar-refractivity contribution in [2.45, 2.75) is 111 Å².